The summed E-state index contributed by atoms with van der Waals surface area (Å²) in [4.78, 5) is 32.9. The molecule has 1 N–H and O–H groups in total. The molecule has 1 aromatic carbocycles. The third kappa shape index (κ3) is 6.11. The minimum atomic E-state index is -0.0561. The van der Waals surface area contributed by atoms with E-state index in [0.717, 1.165) is 50.2 Å². The summed E-state index contributed by atoms with van der Waals surface area (Å²) in [5, 5.41) is 5.52. The number of hydrogen-bond donors (Lipinski definition) is 1. The van der Waals surface area contributed by atoms with Gasteiger partial charge in [-0.2, -0.15) is 0 Å². The van der Waals surface area contributed by atoms with E-state index in [9.17, 15) is 9.59 Å². The van der Waals surface area contributed by atoms with E-state index in [0.29, 0.717) is 24.6 Å². The lowest BCUT2D eigenvalue weighted by Gasteiger charge is -2.21. The van der Waals surface area contributed by atoms with Gasteiger partial charge in [0.15, 0.2) is 5.13 Å². The van der Waals surface area contributed by atoms with Gasteiger partial charge in [-0.3, -0.25) is 14.5 Å². The van der Waals surface area contributed by atoms with E-state index in [1.807, 2.05) is 17.2 Å². The Kier molecular flexibility index (Phi) is 7.77. The molecular formula is C22H30N4O2S. The van der Waals surface area contributed by atoms with Gasteiger partial charge in [0.25, 0.3) is 0 Å². The van der Waals surface area contributed by atoms with E-state index in [2.05, 4.69) is 46.4 Å². The van der Waals surface area contributed by atoms with Crippen molar-refractivity contribution >= 4 is 28.3 Å². The van der Waals surface area contributed by atoms with Crippen molar-refractivity contribution < 1.29 is 9.59 Å². The molecule has 29 heavy (non-hydrogen) atoms. The van der Waals surface area contributed by atoms with Crippen LogP contribution in [0.15, 0.2) is 29.6 Å². The van der Waals surface area contributed by atoms with E-state index in [1.54, 1.807) is 0 Å². The average Bonchev–Trinajstić information content (AvgIpc) is 3.06. The maximum absolute atomic E-state index is 12.5. The van der Waals surface area contributed by atoms with Crippen molar-refractivity contribution in [1.29, 1.82) is 0 Å². The number of aromatic nitrogens is 1. The molecule has 6 nitrogen and oxygen atoms in total. The molecule has 0 atom stereocenters. The van der Waals surface area contributed by atoms with E-state index < -0.39 is 0 Å². The standard InChI is InChI=1S/C22H30N4O2S/c1-3-6-17-7-9-18(10-8-17)19-16-29-22(23-19)24-20(27)15-25-11-5-12-26(14-13-25)21(28)4-2/h7-10,16H,3-6,11-15H2,1-2H3,(H,23,24,27). The third-order valence-corrected chi connectivity index (χ3v) is 5.91. The molecule has 1 saturated heterocycles. The number of nitrogens with zero attached hydrogens (tertiary/aromatic N) is 3. The third-order valence-electron chi connectivity index (χ3n) is 5.15. The number of carbonyl (C=O) groups excluding carboxylic acids is 2. The first-order valence-corrected chi connectivity index (χ1v) is 11.3. The summed E-state index contributed by atoms with van der Waals surface area (Å²) in [5.74, 6) is 0.133. The van der Waals surface area contributed by atoms with Gasteiger partial charge in [-0.15, -0.1) is 11.3 Å². The number of aryl methyl sites for hydroxylation is 1. The first-order valence-electron chi connectivity index (χ1n) is 10.4. The molecular weight excluding hydrogens is 384 g/mol. The Morgan fingerprint density at radius 1 is 1.10 bits per heavy atom. The largest absolute Gasteiger partial charge is 0.341 e. The van der Waals surface area contributed by atoms with Crippen molar-refractivity contribution in [3.05, 3.63) is 35.2 Å². The van der Waals surface area contributed by atoms with Crippen LogP contribution < -0.4 is 5.32 Å². The van der Waals surface area contributed by atoms with Crippen molar-refractivity contribution in [3.8, 4) is 11.3 Å². The van der Waals surface area contributed by atoms with Crippen LogP contribution in [0.3, 0.4) is 0 Å². The van der Waals surface area contributed by atoms with Gasteiger partial charge in [0, 0.05) is 43.5 Å². The van der Waals surface area contributed by atoms with Gasteiger partial charge in [0.2, 0.25) is 11.8 Å². The second-order valence-corrected chi connectivity index (χ2v) is 8.26. The molecule has 1 aliphatic rings. The minimum Gasteiger partial charge on any atom is -0.341 e. The van der Waals surface area contributed by atoms with Gasteiger partial charge in [-0.05, 0) is 18.4 Å². The molecule has 0 saturated carbocycles. The number of hydrogen-bond acceptors (Lipinski definition) is 5. The molecule has 0 bridgehead atoms. The molecule has 1 aliphatic heterocycles. The van der Waals surface area contributed by atoms with Gasteiger partial charge in [-0.25, -0.2) is 4.98 Å². The average molecular weight is 415 g/mol. The van der Waals surface area contributed by atoms with Crippen LogP contribution in [0, 0.1) is 0 Å². The lowest BCUT2D eigenvalue weighted by atomic mass is 10.1. The molecule has 0 aliphatic carbocycles. The molecule has 0 radical (unpaired) electrons. The van der Waals surface area contributed by atoms with Crippen LogP contribution in [0.1, 0.15) is 38.7 Å². The maximum atomic E-state index is 12.5. The van der Waals surface area contributed by atoms with Crippen LogP contribution in [0.25, 0.3) is 11.3 Å². The van der Waals surface area contributed by atoms with Crippen LogP contribution in [0.4, 0.5) is 5.13 Å². The number of thiazole rings is 1. The van der Waals surface area contributed by atoms with E-state index >= 15 is 0 Å². The number of carbonyl (C=O) groups is 2. The SMILES string of the molecule is CCCc1ccc(-c2csc(NC(=O)CN3CCCN(C(=O)CC)CC3)n2)cc1. The summed E-state index contributed by atoms with van der Waals surface area (Å²) in [6, 6.07) is 8.46. The Hall–Kier alpha value is -2.25. The molecule has 2 aromatic rings. The Balaban J connectivity index is 1.51. The fourth-order valence-corrected chi connectivity index (χ4v) is 4.29. The zero-order chi connectivity index (χ0) is 20.6. The number of nitrogens with one attached hydrogen (secondary N) is 1. The topological polar surface area (TPSA) is 65.5 Å². The Labute approximate surface area is 176 Å². The lowest BCUT2D eigenvalue weighted by molar-refractivity contribution is -0.130. The second-order valence-electron chi connectivity index (χ2n) is 7.40. The fourth-order valence-electron chi connectivity index (χ4n) is 3.56. The van der Waals surface area contributed by atoms with Crippen molar-refractivity contribution in [1.82, 2.24) is 14.8 Å². The van der Waals surface area contributed by atoms with Crippen molar-refractivity contribution in [2.75, 3.05) is 38.0 Å². The van der Waals surface area contributed by atoms with E-state index in [-0.39, 0.29) is 11.8 Å². The molecule has 2 heterocycles. The fraction of sp³-hybridized carbons (Fsp3) is 0.500. The molecule has 7 heteroatoms. The Morgan fingerprint density at radius 2 is 1.90 bits per heavy atom. The Morgan fingerprint density at radius 3 is 2.62 bits per heavy atom. The van der Waals surface area contributed by atoms with Crippen LogP contribution >= 0.6 is 11.3 Å². The number of rotatable bonds is 7. The van der Waals surface area contributed by atoms with Gasteiger partial charge in [0.05, 0.1) is 12.2 Å². The predicted octanol–water partition coefficient (Wildman–Crippen LogP) is 3.65. The quantitative estimate of drug-likeness (QED) is 0.751. The molecule has 0 unspecified atom stereocenters. The highest BCUT2D eigenvalue weighted by Crippen LogP contribution is 2.25. The summed E-state index contributed by atoms with van der Waals surface area (Å²) in [7, 11) is 0. The first-order chi connectivity index (χ1) is 14.1. The van der Waals surface area contributed by atoms with Crippen molar-refractivity contribution in [2.45, 2.75) is 39.5 Å². The highest BCUT2D eigenvalue weighted by Gasteiger charge is 2.20. The predicted molar refractivity (Wildman–Crippen MR) is 118 cm³/mol. The van der Waals surface area contributed by atoms with Crippen LogP contribution in [-0.4, -0.2) is 59.3 Å². The zero-order valence-corrected chi connectivity index (χ0v) is 18.1. The molecule has 156 valence electrons. The smallest absolute Gasteiger partial charge is 0.240 e. The summed E-state index contributed by atoms with van der Waals surface area (Å²) in [5.41, 5.74) is 3.28. The van der Waals surface area contributed by atoms with E-state index in [4.69, 9.17) is 0 Å². The maximum Gasteiger partial charge on any atom is 0.240 e. The van der Waals surface area contributed by atoms with Crippen molar-refractivity contribution in [3.63, 3.8) is 0 Å². The van der Waals surface area contributed by atoms with Gasteiger partial charge < -0.3 is 10.2 Å². The zero-order valence-electron chi connectivity index (χ0n) is 17.3. The number of benzene rings is 1. The van der Waals surface area contributed by atoms with Crippen molar-refractivity contribution in [2.24, 2.45) is 0 Å². The van der Waals surface area contributed by atoms with E-state index in [1.165, 1.54) is 16.9 Å². The lowest BCUT2D eigenvalue weighted by Crippen LogP contribution is -2.37. The van der Waals surface area contributed by atoms with Crippen LogP contribution in [-0.2, 0) is 16.0 Å². The molecule has 0 spiro atoms. The first kappa shape index (κ1) is 21.5. The molecule has 2 amide bonds. The highest BCUT2D eigenvalue weighted by molar-refractivity contribution is 7.14. The summed E-state index contributed by atoms with van der Waals surface area (Å²) < 4.78 is 0. The summed E-state index contributed by atoms with van der Waals surface area (Å²) in [6.45, 7) is 7.41. The highest BCUT2D eigenvalue weighted by atomic mass is 32.1. The Bertz CT molecular complexity index is 818. The monoisotopic (exact) mass is 414 g/mol. The van der Waals surface area contributed by atoms with Gasteiger partial charge >= 0.3 is 0 Å². The van der Waals surface area contributed by atoms with Gasteiger partial charge in [0.1, 0.15) is 0 Å². The van der Waals surface area contributed by atoms with Crippen LogP contribution in [0.2, 0.25) is 0 Å². The minimum absolute atomic E-state index is 0.0561. The summed E-state index contributed by atoms with van der Waals surface area (Å²) in [6.07, 6.45) is 3.65. The normalized spacial score (nSPS) is 15.2. The molecule has 1 fully saturated rings. The van der Waals surface area contributed by atoms with Gasteiger partial charge in [-0.1, -0.05) is 44.5 Å². The summed E-state index contributed by atoms with van der Waals surface area (Å²) >= 11 is 1.45. The molecule has 1 aromatic heterocycles. The van der Waals surface area contributed by atoms with Crippen LogP contribution in [0.5, 0.6) is 0 Å². The molecule has 3 rings (SSSR count). The number of anilines is 1. The second kappa shape index (κ2) is 10.5. The number of amides is 2.